The second-order valence-electron chi connectivity index (χ2n) is 6.30. The minimum absolute atomic E-state index is 0.484. The van der Waals surface area contributed by atoms with E-state index in [1.165, 1.54) is 0 Å². The lowest BCUT2D eigenvalue weighted by Crippen LogP contribution is -2.01. The molecule has 0 N–H and O–H groups in total. The summed E-state index contributed by atoms with van der Waals surface area (Å²) in [6.45, 7) is 2.00. The van der Waals surface area contributed by atoms with Gasteiger partial charge in [0.15, 0.2) is 17.1 Å². The highest BCUT2D eigenvalue weighted by atomic mass is 35.5. The standard InChI is InChI=1S/C19H11Cl3N6/c1-10-2-3-12(21)7-16(10)28-18-14(8-24-28)19-25-17(26-27(19)9-23-18)13-5-4-11(20)6-15(13)22/h2-9H,1H3. The Labute approximate surface area is 174 Å². The quantitative estimate of drug-likeness (QED) is 0.377. The van der Waals surface area contributed by atoms with E-state index in [0.717, 1.165) is 16.6 Å². The van der Waals surface area contributed by atoms with E-state index in [1.807, 2.05) is 25.1 Å². The van der Waals surface area contributed by atoms with Gasteiger partial charge in [-0.3, -0.25) is 0 Å². The van der Waals surface area contributed by atoms with Crippen molar-refractivity contribution in [2.75, 3.05) is 0 Å². The number of aryl methyl sites for hydroxylation is 1. The maximum atomic E-state index is 6.31. The smallest absolute Gasteiger partial charge is 0.183 e. The largest absolute Gasteiger partial charge is 0.216 e. The van der Waals surface area contributed by atoms with Crippen LogP contribution in [0.2, 0.25) is 15.1 Å². The lowest BCUT2D eigenvalue weighted by atomic mass is 10.2. The van der Waals surface area contributed by atoms with E-state index in [1.54, 1.807) is 39.9 Å². The van der Waals surface area contributed by atoms with Crippen LogP contribution >= 0.6 is 34.8 Å². The van der Waals surface area contributed by atoms with Gasteiger partial charge in [-0.05, 0) is 42.8 Å². The van der Waals surface area contributed by atoms with Crippen molar-refractivity contribution < 1.29 is 0 Å². The van der Waals surface area contributed by atoms with Gasteiger partial charge in [0.25, 0.3) is 0 Å². The zero-order chi connectivity index (χ0) is 19.4. The first kappa shape index (κ1) is 17.4. The Hall–Kier alpha value is -2.67. The number of benzene rings is 2. The summed E-state index contributed by atoms with van der Waals surface area (Å²) in [5, 5.41) is 11.4. The van der Waals surface area contributed by atoms with Gasteiger partial charge in [-0.1, -0.05) is 40.9 Å². The van der Waals surface area contributed by atoms with Gasteiger partial charge in [0.1, 0.15) is 6.33 Å². The number of hydrogen-bond acceptors (Lipinski definition) is 4. The summed E-state index contributed by atoms with van der Waals surface area (Å²) in [4.78, 5) is 9.18. The van der Waals surface area contributed by atoms with Crippen molar-refractivity contribution in [1.82, 2.24) is 29.4 Å². The average Bonchev–Trinajstić information content (AvgIpc) is 3.27. The van der Waals surface area contributed by atoms with Crippen LogP contribution in [0.4, 0.5) is 0 Å². The third-order valence-corrected chi connectivity index (χ3v) is 5.26. The van der Waals surface area contributed by atoms with Crippen LogP contribution < -0.4 is 0 Å². The average molecular weight is 430 g/mol. The predicted molar refractivity (Wildman–Crippen MR) is 111 cm³/mol. The van der Waals surface area contributed by atoms with E-state index in [4.69, 9.17) is 34.8 Å². The topological polar surface area (TPSA) is 60.9 Å². The molecule has 0 amide bonds. The zero-order valence-electron chi connectivity index (χ0n) is 14.4. The molecule has 2 aromatic carbocycles. The number of fused-ring (bicyclic) bond motifs is 3. The Bertz CT molecular complexity index is 1370. The van der Waals surface area contributed by atoms with Crippen LogP contribution in [0, 0.1) is 6.92 Å². The van der Waals surface area contributed by atoms with Crippen molar-refractivity contribution in [3.05, 3.63) is 69.6 Å². The Morgan fingerprint density at radius 2 is 1.71 bits per heavy atom. The van der Waals surface area contributed by atoms with Crippen LogP contribution in [-0.4, -0.2) is 29.4 Å². The molecule has 0 atom stereocenters. The molecule has 0 radical (unpaired) electrons. The molecule has 0 fully saturated rings. The number of halogens is 3. The fourth-order valence-corrected chi connectivity index (χ4v) is 3.75. The molecule has 0 aliphatic carbocycles. The molecule has 9 heteroatoms. The molecule has 0 saturated carbocycles. The van der Waals surface area contributed by atoms with Crippen LogP contribution in [0.5, 0.6) is 0 Å². The normalized spacial score (nSPS) is 11.6. The second-order valence-corrected chi connectivity index (χ2v) is 7.58. The first-order chi connectivity index (χ1) is 13.5. The molecule has 0 unspecified atom stereocenters. The molecule has 0 spiro atoms. The predicted octanol–water partition coefficient (Wildman–Crippen LogP) is 5.40. The summed E-state index contributed by atoms with van der Waals surface area (Å²) in [5.74, 6) is 0.489. The van der Waals surface area contributed by atoms with Crippen molar-refractivity contribution in [2.45, 2.75) is 6.92 Å². The van der Waals surface area contributed by atoms with E-state index in [2.05, 4.69) is 20.2 Å². The van der Waals surface area contributed by atoms with E-state index in [9.17, 15) is 0 Å². The molecule has 0 aliphatic rings. The summed E-state index contributed by atoms with van der Waals surface area (Å²) in [6.07, 6.45) is 3.33. The molecule has 0 bridgehead atoms. The summed E-state index contributed by atoms with van der Waals surface area (Å²) < 4.78 is 3.36. The van der Waals surface area contributed by atoms with Gasteiger partial charge < -0.3 is 0 Å². The highest BCUT2D eigenvalue weighted by Crippen LogP contribution is 2.30. The van der Waals surface area contributed by atoms with Gasteiger partial charge in [0.05, 0.1) is 22.3 Å². The number of aromatic nitrogens is 6. The number of rotatable bonds is 2. The molecule has 28 heavy (non-hydrogen) atoms. The monoisotopic (exact) mass is 428 g/mol. The van der Waals surface area contributed by atoms with E-state index < -0.39 is 0 Å². The van der Waals surface area contributed by atoms with E-state index in [0.29, 0.717) is 37.8 Å². The summed E-state index contributed by atoms with van der Waals surface area (Å²) in [7, 11) is 0. The summed E-state index contributed by atoms with van der Waals surface area (Å²) >= 11 is 18.5. The zero-order valence-corrected chi connectivity index (χ0v) is 16.7. The maximum absolute atomic E-state index is 6.31. The van der Waals surface area contributed by atoms with Crippen molar-refractivity contribution in [3.8, 4) is 17.1 Å². The molecule has 3 aromatic heterocycles. The van der Waals surface area contributed by atoms with Crippen LogP contribution in [-0.2, 0) is 0 Å². The fraction of sp³-hybridized carbons (Fsp3) is 0.0526. The van der Waals surface area contributed by atoms with Gasteiger partial charge in [-0.2, -0.15) is 5.10 Å². The van der Waals surface area contributed by atoms with Crippen LogP contribution in [0.3, 0.4) is 0 Å². The summed E-state index contributed by atoms with van der Waals surface area (Å²) in [6, 6.07) is 10.9. The number of hydrogen-bond donors (Lipinski definition) is 0. The highest BCUT2D eigenvalue weighted by Gasteiger charge is 2.16. The van der Waals surface area contributed by atoms with Gasteiger partial charge >= 0.3 is 0 Å². The van der Waals surface area contributed by atoms with Crippen LogP contribution in [0.15, 0.2) is 48.9 Å². The molecule has 0 saturated heterocycles. The highest BCUT2D eigenvalue weighted by molar-refractivity contribution is 6.36. The van der Waals surface area contributed by atoms with Crippen molar-refractivity contribution >= 4 is 51.5 Å². The third kappa shape index (κ3) is 2.73. The van der Waals surface area contributed by atoms with Crippen LogP contribution in [0.25, 0.3) is 33.8 Å². The van der Waals surface area contributed by atoms with Gasteiger partial charge in [-0.25, -0.2) is 19.2 Å². The minimum Gasteiger partial charge on any atom is -0.216 e. The molecular weight excluding hydrogens is 419 g/mol. The first-order valence-electron chi connectivity index (χ1n) is 8.32. The van der Waals surface area contributed by atoms with E-state index >= 15 is 0 Å². The molecular formula is C19H11Cl3N6. The van der Waals surface area contributed by atoms with Crippen molar-refractivity contribution in [1.29, 1.82) is 0 Å². The van der Waals surface area contributed by atoms with Crippen molar-refractivity contribution in [3.63, 3.8) is 0 Å². The van der Waals surface area contributed by atoms with Gasteiger partial charge in [0.2, 0.25) is 0 Å². The second kappa shape index (κ2) is 6.44. The third-order valence-electron chi connectivity index (χ3n) is 4.48. The van der Waals surface area contributed by atoms with Crippen molar-refractivity contribution in [2.24, 2.45) is 0 Å². The summed E-state index contributed by atoms with van der Waals surface area (Å²) in [5.41, 5.74) is 3.89. The SMILES string of the molecule is Cc1ccc(Cl)cc1-n1ncc2c1ncn1nc(-c3ccc(Cl)cc3Cl)nc21. The lowest BCUT2D eigenvalue weighted by Gasteiger charge is -2.07. The maximum Gasteiger partial charge on any atom is 0.183 e. The molecule has 3 heterocycles. The first-order valence-corrected chi connectivity index (χ1v) is 9.46. The van der Waals surface area contributed by atoms with Gasteiger partial charge in [-0.15, -0.1) is 5.10 Å². The molecule has 5 aromatic rings. The van der Waals surface area contributed by atoms with E-state index in [-0.39, 0.29) is 0 Å². The Morgan fingerprint density at radius 1 is 0.929 bits per heavy atom. The molecule has 6 nitrogen and oxygen atoms in total. The Morgan fingerprint density at radius 3 is 2.54 bits per heavy atom. The lowest BCUT2D eigenvalue weighted by molar-refractivity contribution is 0.876. The number of nitrogens with zero attached hydrogens (tertiary/aromatic N) is 6. The van der Waals surface area contributed by atoms with Crippen LogP contribution in [0.1, 0.15) is 5.56 Å². The Balaban J connectivity index is 1.72. The molecule has 0 aliphatic heterocycles. The van der Waals surface area contributed by atoms with Gasteiger partial charge in [0, 0.05) is 15.6 Å². The Kier molecular flexibility index (Phi) is 4.01. The molecule has 5 rings (SSSR count). The molecule has 138 valence electrons. The fourth-order valence-electron chi connectivity index (χ4n) is 3.09. The minimum atomic E-state index is 0.484.